The van der Waals surface area contributed by atoms with Gasteiger partial charge in [-0.15, -0.1) is 0 Å². The van der Waals surface area contributed by atoms with Gasteiger partial charge in [0.05, 0.1) is 25.4 Å². The van der Waals surface area contributed by atoms with Gasteiger partial charge in [-0.2, -0.15) is 0 Å². The maximum atomic E-state index is 5.94. The van der Waals surface area contributed by atoms with E-state index in [4.69, 9.17) is 9.47 Å². The van der Waals surface area contributed by atoms with E-state index in [2.05, 4.69) is 67.5 Å². The second-order valence-electron chi connectivity index (χ2n) is 10.7. The van der Waals surface area contributed by atoms with Crippen LogP contribution in [0.25, 0.3) is 0 Å². The molecule has 0 radical (unpaired) electrons. The number of hydrogen-bond acceptors (Lipinski definition) is 2. The van der Waals surface area contributed by atoms with E-state index in [0.29, 0.717) is 29.0 Å². The zero-order chi connectivity index (χ0) is 20.7. The SMILES string of the molecule is CCC1OCC2(C)C(C)=CC(C)CC12.CCC1OCC2(C)C(C)C=C(C)CC12. The fraction of sp³-hybridized carbons (Fsp3) is 0.846. The Balaban J connectivity index is 0.000000161. The molecule has 4 rings (SSSR count). The molecule has 8 atom stereocenters. The summed E-state index contributed by atoms with van der Waals surface area (Å²) in [6.45, 7) is 20.4. The minimum Gasteiger partial charge on any atom is -0.377 e. The normalized spacial score (nSPS) is 47.4. The minimum absolute atomic E-state index is 0.340. The van der Waals surface area contributed by atoms with E-state index < -0.39 is 0 Å². The molecule has 2 heterocycles. The maximum absolute atomic E-state index is 5.94. The predicted octanol–water partition coefficient (Wildman–Crippen LogP) is 6.81. The van der Waals surface area contributed by atoms with Crippen molar-refractivity contribution in [3.63, 3.8) is 0 Å². The molecule has 0 N–H and O–H groups in total. The molecule has 0 aromatic carbocycles. The fourth-order valence-corrected chi connectivity index (χ4v) is 6.42. The van der Waals surface area contributed by atoms with Crippen LogP contribution in [0.2, 0.25) is 0 Å². The van der Waals surface area contributed by atoms with Crippen molar-refractivity contribution in [1.29, 1.82) is 0 Å². The van der Waals surface area contributed by atoms with Gasteiger partial charge in [0.1, 0.15) is 0 Å². The number of ether oxygens (including phenoxy) is 2. The van der Waals surface area contributed by atoms with Crippen LogP contribution in [0.1, 0.15) is 81.1 Å². The minimum atomic E-state index is 0.340. The molecule has 28 heavy (non-hydrogen) atoms. The molecule has 0 spiro atoms. The Morgan fingerprint density at radius 1 is 0.929 bits per heavy atom. The maximum Gasteiger partial charge on any atom is 0.0610 e. The Kier molecular flexibility index (Phi) is 6.52. The van der Waals surface area contributed by atoms with Gasteiger partial charge in [-0.05, 0) is 63.2 Å². The zero-order valence-corrected chi connectivity index (χ0v) is 19.7. The van der Waals surface area contributed by atoms with Gasteiger partial charge >= 0.3 is 0 Å². The highest BCUT2D eigenvalue weighted by Gasteiger charge is 2.50. The molecule has 4 aliphatic rings. The Labute approximate surface area is 174 Å². The van der Waals surface area contributed by atoms with Crippen molar-refractivity contribution in [2.24, 2.45) is 34.5 Å². The van der Waals surface area contributed by atoms with Crippen molar-refractivity contribution in [3.8, 4) is 0 Å². The molecular formula is C26H44O2. The summed E-state index contributed by atoms with van der Waals surface area (Å²) in [5.41, 5.74) is 3.86. The predicted molar refractivity (Wildman–Crippen MR) is 118 cm³/mol. The molecule has 0 amide bonds. The van der Waals surface area contributed by atoms with Crippen molar-refractivity contribution in [3.05, 3.63) is 23.3 Å². The molecule has 2 fully saturated rings. The monoisotopic (exact) mass is 388 g/mol. The molecule has 0 saturated carbocycles. The standard InChI is InChI=1S/2C13H22O/c2*1-5-12-11-7-9(2)6-10(3)13(11,4)8-14-12/h6,10-12H,5,7-8H2,1-4H3;6,9,11-12H,5,7-8H2,1-4H3. The Hall–Kier alpha value is -0.600. The largest absolute Gasteiger partial charge is 0.377 e. The van der Waals surface area contributed by atoms with E-state index in [-0.39, 0.29) is 0 Å². The van der Waals surface area contributed by atoms with Gasteiger partial charge < -0.3 is 9.47 Å². The summed E-state index contributed by atoms with van der Waals surface area (Å²) in [6.07, 6.45) is 10.8. The summed E-state index contributed by atoms with van der Waals surface area (Å²) < 4.78 is 11.9. The van der Waals surface area contributed by atoms with Crippen LogP contribution in [-0.4, -0.2) is 25.4 Å². The molecule has 0 aromatic heterocycles. The third-order valence-corrected chi connectivity index (χ3v) is 8.75. The van der Waals surface area contributed by atoms with Gasteiger partial charge in [-0.3, -0.25) is 0 Å². The number of allylic oxidation sites excluding steroid dienone is 3. The number of hydrogen-bond donors (Lipinski definition) is 0. The first-order valence-corrected chi connectivity index (χ1v) is 11.7. The Morgan fingerprint density at radius 2 is 1.54 bits per heavy atom. The van der Waals surface area contributed by atoms with Crippen LogP contribution >= 0.6 is 0 Å². The highest BCUT2D eigenvalue weighted by Crippen LogP contribution is 2.52. The smallest absolute Gasteiger partial charge is 0.0610 e. The van der Waals surface area contributed by atoms with Gasteiger partial charge in [0.15, 0.2) is 0 Å². The molecule has 160 valence electrons. The number of rotatable bonds is 2. The lowest BCUT2D eigenvalue weighted by Crippen LogP contribution is -2.37. The quantitative estimate of drug-likeness (QED) is 0.484. The van der Waals surface area contributed by atoms with Crippen molar-refractivity contribution in [1.82, 2.24) is 0 Å². The van der Waals surface area contributed by atoms with Crippen molar-refractivity contribution in [2.45, 2.75) is 93.3 Å². The lowest BCUT2D eigenvalue weighted by atomic mass is 9.63. The van der Waals surface area contributed by atoms with E-state index in [0.717, 1.165) is 31.0 Å². The van der Waals surface area contributed by atoms with Crippen LogP contribution in [0.4, 0.5) is 0 Å². The molecule has 2 aliphatic heterocycles. The van der Waals surface area contributed by atoms with Gasteiger partial charge in [0.25, 0.3) is 0 Å². The van der Waals surface area contributed by atoms with Gasteiger partial charge in [0.2, 0.25) is 0 Å². The fourth-order valence-electron chi connectivity index (χ4n) is 6.42. The zero-order valence-electron chi connectivity index (χ0n) is 19.7. The van der Waals surface area contributed by atoms with Crippen molar-refractivity contribution < 1.29 is 9.47 Å². The third-order valence-electron chi connectivity index (χ3n) is 8.75. The summed E-state index contributed by atoms with van der Waals surface area (Å²) in [4.78, 5) is 0. The lowest BCUT2D eigenvalue weighted by molar-refractivity contribution is 0.0833. The van der Waals surface area contributed by atoms with Crippen LogP contribution in [0.5, 0.6) is 0 Å². The van der Waals surface area contributed by atoms with E-state index in [1.54, 1.807) is 11.1 Å². The van der Waals surface area contributed by atoms with Crippen LogP contribution < -0.4 is 0 Å². The Bertz CT molecular complexity index is 616. The molecule has 8 unspecified atom stereocenters. The molecule has 2 heteroatoms. The number of fused-ring (bicyclic) bond motifs is 2. The first-order chi connectivity index (χ1) is 13.2. The summed E-state index contributed by atoms with van der Waals surface area (Å²) >= 11 is 0. The van der Waals surface area contributed by atoms with E-state index >= 15 is 0 Å². The third kappa shape index (κ3) is 3.76. The van der Waals surface area contributed by atoms with Crippen LogP contribution in [0.15, 0.2) is 23.3 Å². The van der Waals surface area contributed by atoms with Crippen LogP contribution in [0.3, 0.4) is 0 Å². The van der Waals surface area contributed by atoms with Gasteiger partial charge in [0, 0.05) is 10.8 Å². The topological polar surface area (TPSA) is 18.5 Å². The van der Waals surface area contributed by atoms with E-state index in [1.807, 2.05) is 0 Å². The van der Waals surface area contributed by atoms with Crippen LogP contribution in [0, 0.1) is 34.5 Å². The average Bonchev–Trinajstić information content (AvgIpc) is 3.15. The second-order valence-corrected chi connectivity index (χ2v) is 10.7. The van der Waals surface area contributed by atoms with Gasteiger partial charge in [-0.25, -0.2) is 0 Å². The molecule has 0 bridgehead atoms. The highest BCUT2D eigenvalue weighted by molar-refractivity contribution is 5.21. The molecule has 2 aliphatic carbocycles. The lowest BCUT2D eigenvalue weighted by Gasteiger charge is -2.40. The Morgan fingerprint density at radius 3 is 2.18 bits per heavy atom. The first kappa shape index (κ1) is 22.1. The molecule has 0 aromatic rings. The summed E-state index contributed by atoms with van der Waals surface area (Å²) in [5.74, 6) is 2.93. The highest BCUT2D eigenvalue weighted by atomic mass is 16.5. The van der Waals surface area contributed by atoms with E-state index in [9.17, 15) is 0 Å². The van der Waals surface area contributed by atoms with Gasteiger partial charge in [-0.1, -0.05) is 64.8 Å². The van der Waals surface area contributed by atoms with Crippen LogP contribution in [-0.2, 0) is 9.47 Å². The molecule has 2 nitrogen and oxygen atoms in total. The average molecular weight is 389 g/mol. The molecule has 2 saturated heterocycles. The molecular weight excluding hydrogens is 344 g/mol. The first-order valence-electron chi connectivity index (χ1n) is 11.7. The van der Waals surface area contributed by atoms with Crippen molar-refractivity contribution >= 4 is 0 Å². The second kappa shape index (κ2) is 8.26. The van der Waals surface area contributed by atoms with E-state index in [1.165, 1.54) is 25.7 Å². The summed E-state index contributed by atoms with van der Waals surface area (Å²) in [6, 6.07) is 0. The van der Waals surface area contributed by atoms with Crippen molar-refractivity contribution in [2.75, 3.05) is 13.2 Å². The summed E-state index contributed by atoms with van der Waals surface area (Å²) in [5, 5.41) is 0. The summed E-state index contributed by atoms with van der Waals surface area (Å²) in [7, 11) is 0.